The largest absolute Gasteiger partial charge is 0.447 e. The van der Waals surface area contributed by atoms with Crippen molar-refractivity contribution >= 4 is 29.4 Å². The molecule has 136 valence electrons. The van der Waals surface area contributed by atoms with Gasteiger partial charge in [0.2, 0.25) is 5.91 Å². The van der Waals surface area contributed by atoms with E-state index in [1.807, 2.05) is 12.1 Å². The molecule has 1 N–H and O–H groups in total. The summed E-state index contributed by atoms with van der Waals surface area (Å²) in [7, 11) is 0. The summed E-state index contributed by atoms with van der Waals surface area (Å²) in [6.07, 6.45) is -0.380. The van der Waals surface area contributed by atoms with E-state index in [2.05, 4.69) is 5.32 Å². The molecular weight excluding hydrogens is 362 g/mol. The van der Waals surface area contributed by atoms with Crippen LogP contribution >= 0.6 is 11.8 Å². The van der Waals surface area contributed by atoms with Crippen molar-refractivity contribution in [2.45, 2.75) is 11.4 Å². The minimum Gasteiger partial charge on any atom is -0.447 e. The summed E-state index contributed by atoms with van der Waals surface area (Å²) in [4.78, 5) is 25.6. The molecule has 1 heterocycles. The second-order valence-corrected chi connectivity index (χ2v) is 6.63. The number of amides is 2. The van der Waals surface area contributed by atoms with Crippen LogP contribution in [0.3, 0.4) is 0 Å². The van der Waals surface area contributed by atoms with E-state index >= 15 is 0 Å². The third-order valence-corrected chi connectivity index (χ3v) is 4.73. The molecule has 0 atom stereocenters. The van der Waals surface area contributed by atoms with Gasteiger partial charge in [0.15, 0.2) is 11.6 Å². The lowest BCUT2D eigenvalue weighted by Crippen LogP contribution is -2.25. The third kappa shape index (κ3) is 4.51. The van der Waals surface area contributed by atoms with Crippen molar-refractivity contribution in [1.82, 2.24) is 5.32 Å². The van der Waals surface area contributed by atoms with Gasteiger partial charge in [-0.2, -0.15) is 0 Å². The van der Waals surface area contributed by atoms with Gasteiger partial charge >= 0.3 is 6.09 Å². The molecule has 26 heavy (non-hydrogen) atoms. The quantitative estimate of drug-likeness (QED) is 0.784. The summed E-state index contributed by atoms with van der Waals surface area (Å²) in [6.45, 7) is 1.16. The Labute approximate surface area is 153 Å². The Morgan fingerprint density at radius 2 is 2.04 bits per heavy atom. The van der Waals surface area contributed by atoms with Gasteiger partial charge in [-0.05, 0) is 35.9 Å². The maximum atomic E-state index is 13.1. The van der Waals surface area contributed by atoms with E-state index in [-0.39, 0.29) is 17.8 Å². The predicted octanol–water partition coefficient (Wildman–Crippen LogP) is 3.33. The number of nitrogens with one attached hydrogen (secondary N) is 1. The van der Waals surface area contributed by atoms with Crippen molar-refractivity contribution in [3.8, 4) is 0 Å². The SMILES string of the molecule is O=C(CSc1ccc(F)c(F)c1)NCc1cccc(N2CCOC2=O)c1. The molecule has 2 aromatic rings. The predicted molar refractivity (Wildman–Crippen MR) is 94.1 cm³/mol. The first kappa shape index (κ1) is 18.2. The van der Waals surface area contributed by atoms with Gasteiger partial charge in [-0.3, -0.25) is 9.69 Å². The van der Waals surface area contributed by atoms with Gasteiger partial charge in [0, 0.05) is 17.1 Å². The molecule has 0 radical (unpaired) electrons. The van der Waals surface area contributed by atoms with Gasteiger partial charge in [0.25, 0.3) is 0 Å². The first-order valence-electron chi connectivity index (χ1n) is 7.91. The van der Waals surface area contributed by atoms with E-state index in [4.69, 9.17) is 4.74 Å². The van der Waals surface area contributed by atoms with Gasteiger partial charge in [-0.1, -0.05) is 12.1 Å². The van der Waals surface area contributed by atoms with Crippen LogP contribution in [0.1, 0.15) is 5.56 Å². The fourth-order valence-corrected chi connectivity index (χ4v) is 3.18. The molecule has 2 amide bonds. The topological polar surface area (TPSA) is 58.6 Å². The number of carbonyl (C=O) groups excluding carboxylic acids is 2. The van der Waals surface area contributed by atoms with E-state index < -0.39 is 11.6 Å². The monoisotopic (exact) mass is 378 g/mol. The number of benzene rings is 2. The third-order valence-electron chi connectivity index (χ3n) is 3.73. The molecule has 0 unspecified atom stereocenters. The fourth-order valence-electron chi connectivity index (χ4n) is 2.43. The van der Waals surface area contributed by atoms with Crippen LogP contribution in [0.4, 0.5) is 19.3 Å². The minimum absolute atomic E-state index is 0.0865. The summed E-state index contributed by atoms with van der Waals surface area (Å²) >= 11 is 1.12. The van der Waals surface area contributed by atoms with Crippen LogP contribution in [-0.4, -0.2) is 30.9 Å². The number of halogens is 2. The molecule has 1 aliphatic rings. The summed E-state index contributed by atoms with van der Waals surface area (Å²) in [6, 6.07) is 10.8. The standard InChI is InChI=1S/C18H16F2N2O3S/c19-15-5-4-14(9-16(15)20)26-11-17(23)21-10-12-2-1-3-13(8-12)22-6-7-25-18(22)24/h1-5,8-9H,6-7,10-11H2,(H,21,23). The van der Waals surface area contributed by atoms with Gasteiger partial charge in [-0.15, -0.1) is 11.8 Å². The Bertz CT molecular complexity index is 832. The zero-order valence-electron chi connectivity index (χ0n) is 13.7. The highest BCUT2D eigenvalue weighted by Crippen LogP contribution is 2.21. The van der Waals surface area contributed by atoms with Crippen molar-refractivity contribution in [3.63, 3.8) is 0 Å². The molecule has 8 heteroatoms. The molecule has 0 saturated carbocycles. The van der Waals surface area contributed by atoms with E-state index in [1.165, 1.54) is 11.0 Å². The highest BCUT2D eigenvalue weighted by atomic mass is 32.2. The Kier molecular flexibility index (Phi) is 5.72. The van der Waals surface area contributed by atoms with Crippen molar-refractivity contribution in [2.24, 2.45) is 0 Å². The maximum Gasteiger partial charge on any atom is 0.414 e. The first-order valence-corrected chi connectivity index (χ1v) is 8.89. The Morgan fingerprint density at radius 3 is 2.77 bits per heavy atom. The number of cyclic esters (lactones) is 1. The number of anilines is 1. The number of rotatable bonds is 6. The Balaban J connectivity index is 1.51. The van der Waals surface area contributed by atoms with Crippen molar-refractivity contribution in [3.05, 3.63) is 59.7 Å². The van der Waals surface area contributed by atoms with Crippen molar-refractivity contribution < 1.29 is 23.1 Å². The molecule has 0 bridgehead atoms. The van der Waals surface area contributed by atoms with Gasteiger partial charge in [0.05, 0.1) is 12.3 Å². The smallest absolute Gasteiger partial charge is 0.414 e. The Morgan fingerprint density at radius 1 is 1.19 bits per heavy atom. The number of thioether (sulfide) groups is 1. The zero-order chi connectivity index (χ0) is 18.5. The second-order valence-electron chi connectivity index (χ2n) is 5.58. The molecule has 3 rings (SSSR count). The number of hydrogen-bond acceptors (Lipinski definition) is 4. The number of hydrogen-bond donors (Lipinski definition) is 1. The lowest BCUT2D eigenvalue weighted by Gasteiger charge is -2.14. The minimum atomic E-state index is -0.937. The number of ether oxygens (including phenoxy) is 1. The molecular formula is C18H16F2N2O3S. The van der Waals surface area contributed by atoms with E-state index in [0.29, 0.717) is 24.6 Å². The summed E-state index contributed by atoms with van der Waals surface area (Å²) < 4.78 is 30.9. The highest BCUT2D eigenvalue weighted by molar-refractivity contribution is 8.00. The zero-order valence-corrected chi connectivity index (χ0v) is 14.5. The van der Waals surface area contributed by atoms with Crippen molar-refractivity contribution in [2.75, 3.05) is 23.8 Å². The molecule has 2 aromatic carbocycles. The van der Waals surface area contributed by atoms with Crippen molar-refractivity contribution in [1.29, 1.82) is 0 Å². The van der Waals surface area contributed by atoms with Crippen LogP contribution in [0.2, 0.25) is 0 Å². The molecule has 1 saturated heterocycles. The van der Waals surface area contributed by atoms with E-state index in [1.54, 1.807) is 12.1 Å². The van der Waals surface area contributed by atoms with Crippen LogP contribution in [0.15, 0.2) is 47.4 Å². The van der Waals surface area contributed by atoms with Crippen LogP contribution in [0.5, 0.6) is 0 Å². The lowest BCUT2D eigenvalue weighted by atomic mass is 10.2. The summed E-state index contributed by atoms with van der Waals surface area (Å²) in [5.41, 5.74) is 1.56. The average molecular weight is 378 g/mol. The fraction of sp³-hybridized carbons (Fsp3) is 0.222. The van der Waals surface area contributed by atoms with Crippen LogP contribution in [0, 0.1) is 11.6 Å². The summed E-state index contributed by atoms with van der Waals surface area (Å²) in [5.74, 6) is -2.00. The Hall–Kier alpha value is -2.61. The van der Waals surface area contributed by atoms with Crippen LogP contribution in [0.25, 0.3) is 0 Å². The van der Waals surface area contributed by atoms with Gasteiger partial charge < -0.3 is 10.1 Å². The molecule has 1 aliphatic heterocycles. The second kappa shape index (κ2) is 8.18. The maximum absolute atomic E-state index is 13.1. The number of nitrogens with zero attached hydrogens (tertiary/aromatic N) is 1. The normalized spacial score (nSPS) is 13.6. The lowest BCUT2D eigenvalue weighted by molar-refractivity contribution is -0.118. The number of carbonyl (C=O) groups is 2. The molecule has 5 nitrogen and oxygen atoms in total. The van der Waals surface area contributed by atoms with Crippen LogP contribution < -0.4 is 10.2 Å². The average Bonchev–Trinajstić information content (AvgIpc) is 3.07. The summed E-state index contributed by atoms with van der Waals surface area (Å²) in [5, 5.41) is 2.76. The van der Waals surface area contributed by atoms with E-state index in [0.717, 1.165) is 35.1 Å². The van der Waals surface area contributed by atoms with E-state index in [9.17, 15) is 18.4 Å². The van der Waals surface area contributed by atoms with Gasteiger partial charge in [0.1, 0.15) is 6.61 Å². The molecule has 0 aliphatic carbocycles. The molecule has 0 spiro atoms. The van der Waals surface area contributed by atoms with Gasteiger partial charge in [-0.25, -0.2) is 13.6 Å². The first-order chi connectivity index (χ1) is 12.5. The molecule has 0 aromatic heterocycles. The highest BCUT2D eigenvalue weighted by Gasteiger charge is 2.23. The molecule has 1 fully saturated rings. The van der Waals surface area contributed by atoms with Crippen LogP contribution in [-0.2, 0) is 16.1 Å².